The van der Waals surface area contributed by atoms with Gasteiger partial charge >= 0.3 is 6.18 Å². The van der Waals surface area contributed by atoms with Gasteiger partial charge in [0.25, 0.3) is 0 Å². The van der Waals surface area contributed by atoms with Crippen molar-refractivity contribution in [2.45, 2.75) is 25.1 Å². The van der Waals surface area contributed by atoms with Gasteiger partial charge in [0.15, 0.2) is 5.13 Å². The Bertz CT molecular complexity index is 1440. The molecule has 0 radical (unpaired) electrons. The van der Waals surface area contributed by atoms with Crippen molar-refractivity contribution in [3.8, 4) is 5.88 Å². The van der Waals surface area contributed by atoms with Crippen molar-refractivity contribution in [2.75, 3.05) is 25.0 Å². The molecule has 3 heterocycles. The lowest BCUT2D eigenvalue weighted by molar-refractivity contribution is -0.138. The molecule has 1 atom stereocenters. The molecule has 1 unspecified atom stereocenters. The topological polar surface area (TPSA) is 73.1 Å². The van der Waals surface area contributed by atoms with Crippen molar-refractivity contribution in [2.24, 2.45) is 10.2 Å². The van der Waals surface area contributed by atoms with Crippen molar-refractivity contribution in [3.63, 3.8) is 0 Å². The summed E-state index contributed by atoms with van der Waals surface area (Å²) in [5.74, 6) is -0.200. The minimum absolute atomic E-state index is 0.00836. The second-order valence-corrected chi connectivity index (χ2v) is 9.86. The van der Waals surface area contributed by atoms with Crippen LogP contribution >= 0.6 is 22.9 Å². The summed E-state index contributed by atoms with van der Waals surface area (Å²) < 4.78 is 41.6. The fourth-order valence-corrected chi connectivity index (χ4v) is 5.60. The number of hydrogen-bond donors (Lipinski definition) is 2. The van der Waals surface area contributed by atoms with Crippen molar-refractivity contribution in [1.82, 2.24) is 10.3 Å². The smallest absolute Gasteiger partial charge is 0.416 e. The maximum absolute atomic E-state index is 13.9. The molecule has 1 fully saturated rings. The average Bonchev–Trinajstić information content (AvgIpc) is 3.56. The van der Waals surface area contributed by atoms with E-state index in [-0.39, 0.29) is 22.9 Å². The highest BCUT2D eigenvalue weighted by Crippen LogP contribution is 2.40. The number of likely N-dealkylation sites (N-methyl/N-ethyl adjacent to an activating group) is 1. The van der Waals surface area contributed by atoms with E-state index in [1.54, 1.807) is 18.3 Å². The molecule has 11 heteroatoms. The molecule has 0 bridgehead atoms. The van der Waals surface area contributed by atoms with E-state index in [0.717, 1.165) is 31.1 Å². The van der Waals surface area contributed by atoms with Crippen molar-refractivity contribution in [3.05, 3.63) is 73.6 Å². The van der Waals surface area contributed by atoms with E-state index in [0.29, 0.717) is 32.2 Å². The van der Waals surface area contributed by atoms with Crippen LogP contribution in [0.5, 0.6) is 5.88 Å². The molecule has 1 saturated heterocycles. The van der Waals surface area contributed by atoms with E-state index in [1.165, 1.54) is 23.5 Å². The quantitative estimate of drug-likeness (QED) is 0.539. The van der Waals surface area contributed by atoms with Crippen LogP contribution in [0, 0.1) is 0 Å². The summed E-state index contributed by atoms with van der Waals surface area (Å²) >= 11 is 7.17. The van der Waals surface area contributed by atoms with E-state index in [9.17, 15) is 18.3 Å². The predicted molar refractivity (Wildman–Crippen MR) is 131 cm³/mol. The van der Waals surface area contributed by atoms with E-state index >= 15 is 0 Å². The Morgan fingerprint density at radius 2 is 2.09 bits per heavy atom. The van der Waals surface area contributed by atoms with Gasteiger partial charge in [0, 0.05) is 36.1 Å². The van der Waals surface area contributed by atoms with Gasteiger partial charge in [-0.1, -0.05) is 35.1 Å². The Morgan fingerprint density at radius 3 is 2.83 bits per heavy atom. The molecule has 0 saturated carbocycles. The molecule has 3 aromatic rings. The minimum Gasteiger partial charge on any atom is -0.492 e. The number of anilines is 1. The SMILES string of the molecule is CNC1CCN(c2nc(O)c(C(Cc3ccc(Cl)cc3C(F)(F)F)=c3ccc4c(c3)C=NN=4)s2)C1. The lowest BCUT2D eigenvalue weighted by atomic mass is 9.96. The number of thiazole rings is 1. The second kappa shape index (κ2) is 9.25. The van der Waals surface area contributed by atoms with Crippen molar-refractivity contribution >= 4 is 39.9 Å². The first-order valence-electron chi connectivity index (χ1n) is 10.9. The molecule has 5 rings (SSSR count). The highest BCUT2D eigenvalue weighted by Gasteiger charge is 2.34. The number of rotatable bonds is 5. The molecule has 2 N–H and O–H groups in total. The molecule has 2 aliphatic rings. The van der Waals surface area contributed by atoms with Crippen LogP contribution in [0.15, 0.2) is 46.6 Å². The molecular formula is C24H21ClF3N5OS. The summed E-state index contributed by atoms with van der Waals surface area (Å²) in [5.41, 5.74) is 0.543. The van der Waals surface area contributed by atoms with Gasteiger partial charge in [0.05, 0.1) is 22.0 Å². The minimum atomic E-state index is -4.58. The van der Waals surface area contributed by atoms with Gasteiger partial charge in [-0.2, -0.15) is 28.4 Å². The third kappa shape index (κ3) is 4.78. The molecule has 6 nitrogen and oxygen atoms in total. The Labute approximate surface area is 208 Å². The normalized spacial score (nSPS) is 18.1. The van der Waals surface area contributed by atoms with Crippen LogP contribution in [-0.2, 0) is 12.6 Å². The van der Waals surface area contributed by atoms with Crippen LogP contribution in [0.4, 0.5) is 18.3 Å². The zero-order valence-electron chi connectivity index (χ0n) is 18.6. The summed E-state index contributed by atoms with van der Waals surface area (Å²) in [7, 11) is 1.90. The highest BCUT2D eigenvalue weighted by molar-refractivity contribution is 7.17. The number of hydrogen-bond acceptors (Lipinski definition) is 7. The summed E-state index contributed by atoms with van der Waals surface area (Å²) in [6.45, 7) is 1.52. The first-order chi connectivity index (χ1) is 16.7. The molecule has 2 aliphatic heterocycles. The standard InChI is InChI=1S/C24H21ClF3N5OS/c1-29-17-6-7-33(12-17)23-31-22(34)21(35-23)18(13-3-5-20-15(8-13)11-30-32-20)9-14-2-4-16(25)10-19(14)24(26,27)28/h2-5,8,10-11,17,29,34H,6-7,9,12H2,1H3. The number of aromatic hydroxyl groups is 1. The van der Waals surface area contributed by atoms with Gasteiger partial charge in [-0.3, -0.25) is 0 Å². The number of benzene rings is 2. The Balaban J connectivity index is 1.65. The lowest BCUT2D eigenvalue weighted by Gasteiger charge is -2.15. The number of fused-ring (bicyclic) bond motifs is 1. The average molecular weight is 520 g/mol. The van der Waals surface area contributed by atoms with Crippen LogP contribution in [-0.4, -0.2) is 42.5 Å². The fourth-order valence-electron chi connectivity index (χ4n) is 4.36. The van der Waals surface area contributed by atoms with Crippen LogP contribution < -0.4 is 20.8 Å². The maximum Gasteiger partial charge on any atom is 0.416 e. The summed E-state index contributed by atoms with van der Waals surface area (Å²) in [4.78, 5) is 6.88. The Hall–Kier alpha value is -2.95. The molecule has 0 aliphatic carbocycles. The number of alkyl halides is 3. The Morgan fingerprint density at radius 1 is 1.26 bits per heavy atom. The summed E-state index contributed by atoms with van der Waals surface area (Å²) in [6.07, 6.45) is -2.11. The van der Waals surface area contributed by atoms with Crippen molar-refractivity contribution in [1.29, 1.82) is 0 Å². The molecule has 0 amide bonds. The van der Waals surface area contributed by atoms with E-state index < -0.39 is 11.7 Å². The number of halogens is 4. The molecule has 0 spiro atoms. The maximum atomic E-state index is 13.9. The van der Waals surface area contributed by atoms with Gasteiger partial charge in [-0.05, 0) is 54.1 Å². The van der Waals surface area contributed by atoms with Gasteiger partial charge in [0.2, 0.25) is 5.88 Å². The highest BCUT2D eigenvalue weighted by atomic mass is 35.5. The monoisotopic (exact) mass is 519 g/mol. The van der Waals surface area contributed by atoms with E-state index in [1.807, 2.05) is 13.1 Å². The van der Waals surface area contributed by atoms with Crippen LogP contribution in [0.1, 0.15) is 28.0 Å². The number of nitrogens with one attached hydrogen (secondary N) is 1. The van der Waals surface area contributed by atoms with E-state index in [2.05, 4.69) is 25.4 Å². The van der Waals surface area contributed by atoms with Crippen LogP contribution in [0.3, 0.4) is 0 Å². The first kappa shape index (κ1) is 23.8. The van der Waals surface area contributed by atoms with Gasteiger partial charge in [-0.25, -0.2) is 0 Å². The van der Waals surface area contributed by atoms with Gasteiger partial charge < -0.3 is 15.3 Å². The lowest BCUT2D eigenvalue weighted by Crippen LogP contribution is -2.29. The van der Waals surface area contributed by atoms with Crippen LogP contribution in [0.2, 0.25) is 5.02 Å². The Kier molecular flexibility index (Phi) is 6.29. The molecule has 2 aromatic carbocycles. The summed E-state index contributed by atoms with van der Waals surface area (Å²) in [6, 6.07) is 9.44. The summed E-state index contributed by atoms with van der Waals surface area (Å²) in [5, 5.41) is 24.0. The van der Waals surface area contributed by atoms with Gasteiger partial charge in [0.1, 0.15) is 0 Å². The van der Waals surface area contributed by atoms with Crippen LogP contribution in [0.25, 0.3) is 5.57 Å². The predicted octanol–water partition coefficient (Wildman–Crippen LogP) is 3.73. The molecule has 1 aromatic heterocycles. The number of nitrogens with zero attached hydrogens (tertiary/aromatic N) is 4. The zero-order chi connectivity index (χ0) is 24.7. The fraction of sp³-hybridized carbons (Fsp3) is 0.292. The molecular weight excluding hydrogens is 499 g/mol. The zero-order valence-corrected chi connectivity index (χ0v) is 20.2. The first-order valence-corrected chi connectivity index (χ1v) is 12.1. The molecule has 182 valence electrons. The number of aromatic nitrogens is 1. The third-order valence-corrected chi connectivity index (χ3v) is 7.62. The largest absolute Gasteiger partial charge is 0.492 e. The van der Waals surface area contributed by atoms with Crippen molar-refractivity contribution < 1.29 is 18.3 Å². The third-order valence-electron chi connectivity index (χ3n) is 6.22. The second-order valence-electron chi connectivity index (χ2n) is 8.44. The van der Waals surface area contributed by atoms with Gasteiger partial charge in [-0.15, -0.1) is 0 Å². The van der Waals surface area contributed by atoms with E-state index in [4.69, 9.17) is 11.6 Å². The molecule has 35 heavy (non-hydrogen) atoms.